The quantitative estimate of drug-likeness (QED) is 0.0256. The zero-order chi connectivity index (χ0) is 47.1. The smallest absolute Gasteiger partial charge is 0.726 e. The molecule has 0 aromatic carbocycles. The molecule has 1 aromatic rings. The molecule has 26 nitrogen and oxygen atoms in total. The number of imide groups is 1. The van der Waals surface area contributed by atoms with Crippen molar-refractivity contribution in [3.63, 3.8) is 0 Å². The molecule has 0 saturated carbocycles. The Balaban J connectivity index is -0.00000113. The van der Waals surface area contributed by atoms with Crippen LogP contribution >= 0.6 is 0 Å². The first kappa shape index (κ1) is 71.2. The number of hydrogen-bond donors (Lipinski definition) is 5. The number of amides is 2. The predicted octanol–water partition coefficient (Wildman–Crippen LogP) is -13.2. The first-order valence-corrected chi connectivity index (χ1v) is 21.4. The zero-order valence-corrected chi connectivity index (χ0v) is 47.8. The molecule has 4 aliphatic heterocycles. The van der Waals surface area contributed by atoms with Gasteiger partial charge < -0.3 is 94.7 Å². The number of carbonyl (C=O) groups excluding carboxylic acids is 3. The van der Waals surface area contributed by atoms with Crippen LogP contribution in [0.15, 0.2) is 6.20 Å². The number of aromatic nitrogens is 3. The molecule has 2 amide bonds. The van der Waals surface area contributed by atoms with Gasteiger partial charge in [-0.15, -0.1) is 17.7 Å². The van der Waals surface area contributed by atoms with Crippen LogP contribution in [0.4, 0.5) is 0 Å². The van der Waals surface area contributed by atoms with E-state index in [0.717, 1.165) is 37.8 Å². The number of nitrogens with zero attached hydrogens (tertiary/aromatic N) is 4. The molecule has 4 saturated heterocycles. The summed E-state index contributed by atoms with van der Waals surface area (Å²) >= 11 is 0. The van der Waals surface area contributed by atoms with Gasteiger partial charge >= 0.3 is 99.3 Å². The van der Waals surface area contributed by atoms with Crippen molar-refractivity contribution in [1.82, 2.24) is 19.9 Å². The van der Waals surface area contributed by atoms with Gasteiger partial charge in [0.1, 0.15) is 30.7 Å². The van der Waals surface area contributed by atoms with E-state index in [1.807, 2.05) is 20.0 Å². The van der Waals surface area contributed by atoms with Crippen molar-refractivity contribution in [2.75, 3.05) is 26.4 Å². The SMILES string of the molecule is O=S(=O)([O-])O.O=S(=O)=O.[CH2-]CCCc1cn(CCOCCO[C@@H]2OC(C(=O)[O-])[C@@H](O[C@H]3OC([CH2-])[C@@H](O)[C@H](O)C3[NH-])[C@H](O)C2O)nn1.[CH2-]CN1C(=O)[C@@H]2[C@H](C1=O)[C@H](CC)O[C@@H]2CC.[Na+].[Na+].[Na+].[Y]. The number of aliphatic hydroxyl groups is 4. The van der Waals surface area contributed by atoms with Gasteiger partial charge in [-0.1, -0.05) is 38.1 Å². The first-order valence-electron chi connectivity index (χ1n) is 19.1. The van der Waals surface area contributed by atoms with Gasteiger partial charge in [0.25, 0.3) is 0 Å². The van der Waals surface area contributed by atoms with Gasteiger partial charge in [0, 0.05) is 38.9 Å². The van der Waals surface area contributed by atoms with Gasteiger partial charge in [-0.3, -0.25) is 14.1 Å². The minimum atomic E-state index is -4.92. The normalized spacial score (nSPS) is 31.0. The second kappa shape index (κ2) is 35.1. The summed E-state index contributed by atoms with van der Waals surface area (Å²) in [5.41, 5.74) is 8.81. The minimum Gasteiger partial charge on any atom is -0.726 e. The van der Waals surface area contributed by atoms with Gasteiger partial charge in [0.15, 0.2) is 6.29 Å². The fraction of sp³-hybridized carbons (Fsp3) is 0.765. The average molecular weight is 1090 g/mol. The molecule has 361 valence electrons. The van der Waals surface area contributed by atoms with Crippen LogP contribution in [0.1, 0.15) is 45.2 Å². The van der Waals surface area contributed by atoms with Gasteiger partial charge in [-0.25, -0.2) is 13.1 Å². The Morgan fingerprint density at radius 1 is 0.909 bits per heavy atom. The monoisotopic (exact) mass is 1090 g/mol. The Labute approximate surface area is 475 Å². The number of rotatable bonds is 16. The second-order valence-electron chi connectivity index (χ2n) is 13.8. The van der Waals surface area contributed by atoms with E-state index in [-0.39, 0.29) is 177 Å². The van der Waals surface area contributed by atoms with Crippen LogP contribution in [-0.2, 0) is 109 Å². The molecular formula is C34H53N5Na3O21S2Y-3. The van der Waals surface area contributed by atoms with Crippen molar-refractivity contribution >= 4 is 38.8 Å². The molecule has 5 heterocycles. The molecule has 32 heteroatoms. The minimum absolute atomic E-state index is 0. The summed E-state index contributed by atoms with van der Waals surface area (Å²) in [7, 11) is -8.03. The summed E-state index contributed by atoms with van der Waals surface area (Å²) in [6, 6.07) is -1.55. The number of carbonyl (C=O) groups is 3. The molecule has 4 unspecified atom stereocenters. The molecule has 6 N–H and O–H groups in total. The molecule has 0 bridgehead atoms. The van der Waals surface area contributed by atoms with Crippen LogP contribution in [0.3, 0.4) is 0 Å². The number of aliphatic carboxylic acids is 1. The van der Waals surface area contributed by atoms with Gasteiger partial charge in [0.2, 0.25) is 22.2 Å². The Morgan fingerprint density at radius 2 is 1.44 bits per heavy atom. The van der Waals surface area contributed by atoms with E-state index in [1.54, 1.807) is 4.68 Å². The molecule has 5 rings (SSSR count). The number of nitrogens with one attached hydrogen (secondary N) is 1. The van der Waals surface area contributed by atoms with Crippen LogP contribution < -0.4 is 93.8 Å². The number of unbranched alkanes of at least 4 members (excludes halogenated alkanes) is 1. The fourth-order valence-electron chi connectivity index (χ4n) is 6.74. The van der Waals surface area contributed by atoms with Crippen molar-refractivity contribution in [2.45, 2.75) is 126 Å². The molecule has 1 radical (unpaired) electrons. The Kier molecular flexibility index (Phi) is 37.9. The number of likely N-dealkylation sites (tertiary alicyclic amines) is 1. The van der Waals surface area contributed by atoms with Crippen molar-refractivity contribution in [2.24, 2.45) is 11.8 Å². The van der Waals surface area contributed by atoms with E-state index in [1.165, 1.54) is 4.90 Å². The van der Waals surface area contributed by atoms with Crippen molar-refractivity contribution in [1.29, 1.82) is 0 Å². The van der Waals surface area contributed by atoms with Crippen LogP contribution in [-0.4, -0.2) is 188 Å². The molecule has 66 heavy (non-hydrogen) atoms. The Bertz CT molecular complexity index is 1770. The summed E-state index contributed by atoms with van der Waals surface area (Å²) in [4.78, 5) is 37.1. The molecule has 4 fully saturated rings. The van der Waals surface area contributed by atoms with Gasteiger partial charge in [-0.2, -0.15) is 6.42 Å². The van der Waals surface area contributed by atoms with Crippen LogP contribution in [0.5, 0.6) is 0 Å². The molecular weight excluding hydrogens is 1040 g/mol. The summed E-state index contributed by atoms with van der Waals surface area (Å²) in [5, 5.41) is 60.4. The third-order valence-electron chi connectivity index (χ3n) is 9.68. The molecule has 0 spiro atoms. The molecule has 0 aliphatic carbocycles. The number of hydrogen-bond acceptors (Lipinski definition) is 22. The average Bonchev–Trinajstić information content (AvgIpc) is 3.88. The maximum Gasteiger partial charge on any atom is 1.00 e. The second-order valence-corrected chi connectivity index (χ2v) is 15.1. The third kappa shape index (κ3) is 22.3. The van der Waals surface area contributed by atoms with E-state index in [0.29, 0.717) is 13.2 Å². The number of ether oxygens (including phenoxy) is 6. The predicted molar refractivity (Wildman–Crippen MR) is 200 cm³/mol. The first-order chi connectivity index (χ1) is 29.0. The summed E-state index contributed by atoms with van der Waals surface area (Å²) in [5.74, 6) is -2.47. The van der Waals surface area contributed by atoms with Crippen LogP contribution in [0.25, 0.3) is 5.73 Å². The van der Waals surface area contributed by atoms with E-state index < -0.39 is 88.3 Å². The standard InChI is InChI=1S/C22H35N4O11.C12H18NO3.3Na.H2O4S.O3S.Y/c1-3-4-5-12-10-26(25-24-12)6-7-33-8-9-34-22-17(30)16(29)18(19(37-22)20(31)32)36-21-13(23)15(28)14(27)11(2)35-21;1-4-7-9-10(8(5-2)16-7)12(15)13(6-3)11(9)14;;;;1-5(2,3)4;1-4(2)3;/h10-11,13-19,21-23,27-30H,1-9H2,(H,31,32);7-10H,3-6H2,1-2H3;;;;(H2,1,2,3,4);;/q-3;-1;3*+1;;;/p-2/t11?,13?,14-,15-,16-,17?,18+,19?,21-,22-;7-,8+,9+,10-;;;;;;/m1......./s1. The fourth-order valence-corrected chi connectivity index (χ4v) is 6.74. The number of fused-ring (bicyclic) bond motifs is 1. The van der Waals surface area contributed by atoms with Crippen LogP contribution in [0.2, 0.25) is 0 Å². The maximum atomic E-state index is 12.0. The number of carboxylic acids is 1. The van der Waals surface area contributed by atoms with Crippen molar-refractivity contribution in [3.05, 3.63) is 38.4 Å². The summed E-state index contributed by atoms with van der Waals surface area (Å²) in [6.45, 7) is 15.8. The number of carboxylic acid groups (broad SMARTS) is 1. The molecule has 1 aromatic heterocycles. The topological polar surface area (TPSA) is 397 Å². The number of aryl methyl sites for hydroxylation is 1. The largest absolute Gasteiger partial charge is 1.00 e. The van der Waals surface area contributed by atoms with Gasteiger partial charge in [0.05, 0.1) is 74.3 Å². The van der Waals surface area contributed by atoms with Crippen LogP contribution in [0, 0.1) is 32.6 Å². The van der Waals surface area contributed by atoms with E-state index >= 15 is 0 Å². The molecule has 4 aliphatic rings. The van der Waals surface area contributed by atoms with Crippen molar-refractivity contribution in [3.8, 4) is 0 Å². The number of aliphatic hydroxyl groups excluding tert-OH is 4. The Morgan fingerprint density at radius 3 is 1.91 bits per heavy atom. The van der Waals surface area contributed by atoms with E-state index in [4.69, 9.17) is 64.3 Å². The summed E-state index contributed by atoms with van der Waals surface area (Å²) in [6.07, 6.45) is -8.84. The third-order valence-corrected chi connectivity index (χ3v) is 9.68. The Hall–Kier alpha value is 0.904. The van der Waals surface area contributed by atoms with E-state index in [2.05, 4.69) is 31.1 Å². The zero-order valence-electron chi connectivity index (χ0n) is 37.3. The van der Waals surface area contributed by atoms with E-state index in [9.17, 15) is 39.9 Å². The maximum absolute atomic E-state index is 12.0. The van der Waals surface area contributed by atoms with Crippen molar-refractivity contribution < 1.29 is 220 Å². The van der Waals surface area contributed by atoms with Gasteiger partial charge in [-0.05, 0) is 25.4 Å². The molecule has 14 atom stereocenters. The summed E-state index contributed by atoms with van der Waals surface area (Å²) < 4.78 is 92.3.